The van der Waals surface area contributed by atoms with Gasteiger partial charge in [0.05, 0.1) is 17.3 Å². The number of hydrogen-bond acceptors (Lipinski definition) is 5. The van der Waals surface area contributed by atoms with E-state index in [1.165, 1.54) is 6.07 Å². The van der Waals surface area contributed by atoms with Gasteiger partial charge in [0.15, 0.2) is 0 Å². The number of nitrogens with zero attached hydrogens (tertiary/aromatic N) is 2. The fourth-order valence-corrected chi connectivity index (χ4v) is 5.88. The number of unbranched alkanes of at least 4 members (excludes halogenated alkanes) is 1. The Morgan fingerprint density at radius 1 is 1.08 bits per heavy atom. The molecule has 10 heteroatoms. The number of aliphatic hydroxyl groups is 2. The van der Waals surface area contributed by atoms with Crippen molar-refractivity contribution in [3.05, 3.63) is 59.7 Å². The summed E-state index contributed by atoms with van der Waals surface area (Å²) in [5.74, 6) is -0.342. The number of benzene rings is 2. The minimum absolute atomic E-state index is 0.167. The summed E-state index contributed by atoms with van der Waals surface area (Å²) in [4.78, 5) is 16.5. The molecule has 214 valence electrons. The molecule has 4 rings (SSSR count). The molecule has 2 heterocycles. The van der Waals surface area contributed by atoms with Crippen LogP contribution in [0.4, 0.5) is 18.0 Å². The van der Waals surface area contributed by atoms with E-state index >= 15 is 0 Å². The number of carbonyl (C=O) groups is 1. The number of hydrogen-bond donors (Lipinski definition) is 3. The molecule has 2 saturated heterocycles. The molecule has 0 radical (unpaired) electrons. The van der Waals surface area contributed by atoms with Crippen molar-refractivity contribution < 1.29 is 32.9 Å². The third-order valence-corrected chi connectivity index (χ3v) is 8.02. The number of amides is 2. The van der Waals surface area contributed by atoms with Crippen LogP contribution in [0.15, 0.2) is 48.5 Å². The van der Waals surface area contributed by atoms with E-state index in [1.54, 1.807) is 47.2 Å². The summed E-state index contributed by atoms with van der Waals surface area (Å²) in [6, 6.07) is 11.5. The highest BCUT2D eigenvalue weighted by Gasteiger charge is 2.44. The molecule has 39 heavy (non-hydrogen) atoms. The van der Waals surface area contributed by atoms with E-state index in [4.69, 9.17) is 10.5 Å². The van der Waals surface area contributed by atoms with Gasteiger partial charge in [-0.25, -0.2) is 4.79 Å². The van der Waals surface area contributed by atoms with Crippen molar-refractivity contribution in [2.24, 2.45) is 11.7 Å². The van der Waals surface area contributed by atoms with Crippen molar-refractivity contribution in [2.45, 2.75) is 56.0 Å². The van der Waals surface area contributed by atoms with E-state index in [0.717, 1.165) is 12.1 Å². The minimum Gasteiger partial charge on any atom is -0.390 e. The molecule has 0 aliphatic carbocycles. The lowest BCUT2D eigenvalue weighted by Gasteiger charge is -2.44. The Kier molecular flexibility index (Phi) is 9.21. The minimum atomic E-state index is -4.49. The SMILES string of the molecule is COCCCC[C@@](O)(c1ccccc1-c1cccc(C(F)(F)F)c1)[C@@H]1CCCN(C(=O)N2C[C@@H](N)[C@@H](O)C2)C1. The van der Waals surface area contributed by atoms with Gasteiger partial charge in [-0.3, -0.25) is 0 Å². The van der Waals surface area contributed by atoms with Gasteiger partial charge in [0, 0.05) is 51.9 Å². The summed E-state index contributed by atoms with van der Waals surface area (Å²) in [5.41, 5.74) is 5.24. The average Bonchev–Trinajstić information content (AvgIpc) is 3.28. The summed E-state index contributed by atoms with van der Waals surface area (Å²) < 4.78 is 45.7. The Morgan fingerprint density at radius 2 is 1.85 bits per heavy atom. The number of aliphatic hydroxyl groups excluding tert-OH is 1. The van der Waals surface area contributed by atoms with Crippen molar-refractivity contribution in [1.29, 1.82) is 0 Å². The van der Waals surface area contributed by atoms with E-state index in [2.05, 4.69) is 0 Å². The smallest absolute Gasteiger partial charge is 0.390 e. The van der Waals surface area contributed by atoms with E-state index in [0.29, 0.717) is 68.5 Å². The lowest BCUT2D eigenvalue weighted by atomic mass is 9.72. The van der Waals surface area contributed by atoms with Crippen molar-refractivity contribution in [1.82, 2.24) is 9.80 Å². The number of alkyl halides is 3. The van der Waals surface area contributed by atoms with Crippen LogP contribution in [-0.2, 0) is 16.5 Å². The van der Waals surface area contributed by atoms with Crippen molar-refractivity contribution in [3.63, 3.8) is 0 Å². The highest BCUT2D eigenvalue weighted by atomic mass is 19.4. The second-order valence-electron chi connectivity index (χ2n) is 10.7. The molecule has 2 fully saturated rings. The monoisotopic (exact) mass is 549 g/mol. The van der Waals surface area contributed by atoms with Crippen molar-refractivity contribution >= 4 is 6.03 Å². The van der Waals surface area contributed by atoms with Gasteiger partial charge in [0.1, 0.15) is 0 Å². The zero-order valence-electron chi connectivity index (χ0n) is 22.2. The fourth-order valence-electron chi connectivity index (χ4n) is 5.88. The van der Waals surface area contributed by atoms with Gasteiger partial charge in [-0.1, -0.05) is 36.4 Å². The lowest BCUT2D eigenvalue weighted by molar-refractivity contribution is -0.137. The Labute approximate surface area is 227 Å². The molecule has 4 N–H and O–H groups in total. The van der Waals surface area contributed by atoms with Gasteiger partial charge in [-0.2, -0.15) is 13.2 Å². The molecular weight excluding hydrogens is 511 g/mol. The maximum absolute atomic E-state index is 13.5. The molecule has 0 bridgehead atoms. The molecule has 4 atom stereocenters. The Balaban J connectivity index is 1.67. The third kappa shape index (κ3) is 6.57. The number of urea groups is 1. The molecule has 0 spiro atoms. The van der Waals surface area contributed by atoms with Crippen LogP contribution in [0.5, 0.6) is 0 Å². The molecule has 7 nitrogen and oxygen atoms in total. The molecule has 0 saturated carbocycles. The van der Waals surface area contributed by atoms with Crippen LogP contribution >= 0.6 is 0 Å². The van der Waals surface area contributed by atoms with Gasteiger partial charge in [0.25, 0.3) is 0 Å². The topological polar surface area (TPSA) is 99.3 Å². The van der Waals surface area contributed by atoms with Gasteiger partial charge >= 0.3 is 12.2 Å². The maximum atomic E-state index is 13.5. The number of nitrogens with two attached hydrogens (primary N) is 1. The summed E-state index contributed by atoms with van der Waals surface area (Å²) in [6.07, 6.45) is -2.22. The van der Waals surface area contributed by atoms with Crippen LogP contribution in [0.1, 0.15) is 43.2 Å². The molecule has 2 aliphatic heterocycles. The van der Waals surface area contributed by atoms with Crippen LogP contribution in [0.3, 0.4) is 0 Å². The number of carbonyl (C=O) groups excluding carboxylic acids is 1. The van der Waals surface area contributed by atoms with Crippen LogP contribution in [-0.4, -0.2) is 78.1 Å². The van der Waals surface area contributed by atoms with Crippen molar-refractivity contribution in [2.75, 3.05) is 39.9 Å². The molecule has 2 amide bonds. The number of piperidine rings is 1. The van der Waals surface area contributed by atoms with Gasteiger partial charge in [-0.15, -0.1) is 0 Å². The van der Waals surface area contributed by atoms with Gasteiger partial charge in [-0.05, 0) is 60.9 Å². The summed E-state index contributed by atoms with van der Waals surface area (Å²) in [5, 5.41) is 22.5. The van der Waals surface area contributed by atoms with Crippen LogP contribution in [0, 0.1) is 5.92 Å². The molecule has 2 aromatic rings. The molecule has 2 aliphatic rings. The standard InChI is InChI=1S/C29H38F3N3O4/c1-39-15-5-4-13-28(38,22-10-7-14-34(17-22)27(37)35-18-25(33)26(36)19-35)24-12-3-2-11-23(24)20-8-6-9-21(16-20)29(30,31)32/h2-3,6,8-9,11-12,16,22,25-26,36,38H,4-5,7,10,13-15,17-19,33H2,1H3/t22-,25-,26+,28+/m1/s1. The largest absolute Gasteiger partial charge is 0.416 e. The molecule has 2 aromatic carbocycles. The fraction of sp³-hybridized carbons (Fsp3) is 0.552. The Morgan fingerprint density at radius 3 is 2.54 bits per heavy atom. The van der Waals surface area contributed by atoms with Crippen LogP contribution < -0.4 is 5.73 Å². The summed E-state index contributed by atoms with van der Waals surface area (Å²) >= 11 is 0. The van der Waals surface area contributed by atoms with Crippen molar-refractivity contribution in [3.8, 4) is 11.1 Å². The number of likely N-dealkylation sites (tertiary alicyclic amines) is 2. The maximum Gasteiger partial charge on any atom is 0.416 e. The average molecular weight is 550 g/mol. The van der Waals surface area contributed by atoms with Crippen LogP contribution in [0.2, 0.25) is 0 Å². The second-order valence-corrected chi connectivity index (χ2v) is 10.7. The third-order valence-electron chi connectivity index (χ3n) is 8.02. The zero-order chi connectivity index (χ0) is 28.2. The number of methoxy groups -OCH3 is 1. The van der Waals surface area contributed by atoms with Gasteiger partial charge in [0.2, 0.25) is 0 Å². The second kappa shape index (κ2) is 12.2. The molecule has 0 unspecified atom stereocenters. The number of β-amino-alcohol motifs (C(OH)–C–C–N with tert-alkyl or cyclic N) is 1. The normalized spacial score (nSPS) is 23.6. The number of rotatable bonds is 8. The van der Waals surface area contributed by atoms with E-state index < -0.39 is 29.5 Å². The first-order valence-electron chi connectivity index (χ1n) is 13.5. The summed E-state index contributed by atoms with van der Waals surface area (Å²) in [6.45, 7) is 1.77. The van der Waals surface area contributed by atoms with E-state index in [1.807, 2.05) is 0 Å². The first kappa shape index (κ1) is 29.3. The van der Waals surface area contributed by atoms with E-state index in [-0.39, 0.29) is 25.0 Å². The zero-order valence-corrected chi connectivity index (χ0v) is 22.2. The Bertz CT molecular complexity index is 1120. The summed E-state index contributed by atoms with van der Waals surface area (Å²) in [7, 11) is 1.61. The first-order chi connectivity index (χ1) is 18.5. The number of halogens is 3. The molecule has 0 aromatic heterocycles. The highest BCUT2D eigenvalue weighted by Crippen LogP contribution is 2.44. The Hall–Kier alpha value is -2.66. The molecular formula is C29H38F3N3O4. The first-order valence-corrected chi connectivity index (χ1v) is 13.5. The highest BCUT2D eigenvalue weighted by molar-refractivity contribution is 5.75. The van der Waals surface area contributed by atoms with E-state index in [9.17, 15) is 28.2 Å². The number of ether oxygens (including phenoxy) is 1. The predicted octanol–water partition coefficient (Wildman–Crippen LogP) is 4.21. The lowest BCUT2D eigenvalue weighted by Crippen LogP contribution is -2.52. The van der Waals surface area contributed by atoms with Gasteiger partial charge < -0.3 is 30.5 Å². The predicted molar refractivity (Wildman–Crippen MR) is 142 cm³/mol. The van der Waals surface area contributed by atoms with Crippen LogP contribution in [0.25, 0.3) is 11.1 Å². The quantitative estimate of drug-likeness (QED) is 0.429.